The molecule has 1 unspecified atom stereocenters. The lowest BCUT2D eigenvalue weighted by atomic mass is 9.94. The number of anilines is 1. The van der Waals surface area contributed by atoms with Gasteiger partial charge in [0.1, 0.15) is 11.4 Å². The summed E-state index contributed by atoms with van der Waals surface area (Å²) >= 11 is 0. The number of ether oxygens (including phenoxy) is 1. The van der Waals surface area contributed by atoms with E-state index in [2.05, 4.69) is 19.2 Å². The summed E-state index contributed by atoms with van der Waals surface area (Å²) < 4.78 is 5.84. The molecule has 0 aromatic heterocycles. The Balaban J connectivity index is 1.96. The van der Waals surface area contributed by atoms with E-state index in [1.807, 2.05) is 62.5 Å². The lowest BCUT2D eigenvalue weighted by Crippen LogP contribution is -2.53. The van der Waals surface area contributed by atoms with Gasteiger partial charge in [0.25, 0.3) is 5.91 Å². The lowest BCUT2D eigenvalue weighted by Gasteiger charge is -2.44. The molecule has 1 aliphatic rings. The molecule has 4 heteroatoms. The topological polar surface area (TPSA) is 41.6 Å². The van der Waals surface area contributed by atoms with Crippen molar-refractivity contribution >= 4 is 11.6 Å². The van der Waals surface area contributed by atoms with E-state index in [0.29, 0.717) is 18.1 Å². The number of amides is 1. The molecule has 0 saturated carbocycles. The largest absolute Gasteiger partial charge is 0.493 e. The molecule has 4 nitrogen and oxygen atoms in total. The van der Waals surface area contributed by atoms with Crippen LogP contribution in [0.3, 0.4) is 0 Å². The van der Waals surface area contributed by atoms with Gasteiger partial charge in [-0.15, -0.1) is 0 Å². The van der Waals surface area contributed by atoms with E-state index in [-0.39, 0.29) is 5.91 Å². The predicted molar refractivity (Wildman–Crippen MR) is 96.3 cm³/mol. The number of rotatable bonds is 4. The van der Waals surface area contributed by atoms with E-state index in [0.717, 1.165) is 17.0 Å². The Kier molecular flexibility index (Phi) is 4.22. The zero-order chi connectivity index (χ0) is 17.3. The van der Waals surface area contributed by atoms with E-state index >= 15 is 0 Å². The molecule has 0 radical (unpaired) electrons. The first-order valence-electron chi connectivity index (χ1n) is 8.30. The summed E-state index contributed by atoms with van der Waals surface area (Å²) in [4.78, 5) is 14.5. The average Bonchev–Trinajstić information content (AvgIpc) is 2.58. The third-order valence-corrected chi connectivity index (χ3v) is 4.49. The molecule has 2 aromatic carbocycles. The summed E-state index contributed by atoms with van der Waals surface area (Å²) in [6.45, 7) is 6.93. The van der Waals surface area contributed by atoms with Gasteiger partial charge in [-0.1, -0.05) is 38.1 Å². The Morgan fingerprint density at radius 1 is 1.17 bits per heavy atom. The number of carbonyl (C=O) groups excluding carboxylic acids is 1. The quantitative estimate of drug-likeness (QED) is 0.921. The molecule has 1 heterocycles. The molecule has 1 aliphatic heterocycles. The smallest absolute Gasteiger partial charge is 0.257 e. The monoisotopic (exact) mass is 324 g/mol. The number of hydrogen-bond donors (Lipinski definition) is 1. The summed E-state index contributed by atoms with van der Waals surface area (Å²) in [5.41, 5.74) is 1.93. The Morgan fingerprint density at radius 3 is 2.67 bits per heavy atom. The Bertz CT molecular complexity index is 757. The van der Waals surface area contributed by atoms with Crippen LogP contribution in [-0.2, 0) is 5.66 Å². The minimum Gasteiger partial charge on any atom is -0.493 e. The molecule has 24 heavy (non-hydrogen) atoms. The minimum atomic E-state index is -0.622. The molecule has 0 bridgehead atoms. The van der Waals surface area contributed by atoms with Crippen molar-refractivity contribution in [2.24, 2.45) is 5.92 Å². The second-order valence-corrected chi connectivity index (χ2v) is 6.84. The highest BCUT2D eigenvalue weighted by Crippen LogP contribution is 2.37. The third kappa shape index (κ3) is 2.84. The van der Waals surface area contributed by atoms with Crippen molar-refractivity contribution in [2.45, 2.75) is 26.4 Å². The summed E-state index contributed by atoms with van der Waals surface area (Å²) in [5, 5.41) is 3.51. The van der Waals surface area contributed by atoms with Gasteiger partial charge in [-0.05, 0) is 37.1 Å². The Labute approximate surface area is 143 Å². The molecule has 0 aliphatic carbocycles. The van der Waals surface area contributed by atoms with Crippen LogP contribution in [0.15, 0.2) is 48.5 Å². The average molecular weight is 324 g/mol. The zero-order valence-corrected chi connectivity index (χ0v) is 14.7. The van der Waals surface area contributed by atoms with Crippen LogP contribution in [0.25, 0.3) is 0 Å². The summed E-state index contributed by atoms with van der Waals surface area (Å²) in [6, 6.07) is 15.6. The van der Waals surface area contributed by atoms with Crippen molar-refractivity contribution in [3.05, 3.63) is 59.7 Å². The second kappa shape index (κ2) is 6.19. The highest BCUT2D eigenvalue weighted by atomic mass is 16.5. The van der Waals surface area contributed by atoms with E-state index in [4.69, 9.17) is 4.74 Å². The number of nitrogens with one attached hydrogen (secondary N) is 1. The van der Waals surface area contributed by atoms with Gasteiger partial charge in [0, 0.05) is 18.3 Å². The normalized spacial score (nSPS) is 19.9. The molecular formula is C20H24N2O2. The van der Waals surface area contributed by atoms with Crippen LogP contribution in [0.1, 0.15) is 36.7 Å². The lowest BCUT2D eigenvalue weighted by molar-refractivity contribution is 0.0615. The van der Waals surface area contributed by atoms with Gasteiger partial charge in [-0.3, -0.25) is 4.79 Å². The molecule has 0 fully saturated rings. The van der Waals surface area contributed by atoms with Crippen LogP contribution in [0.5, 0.6) is 5.75 Å². The van der Waals surface area contributed by atoms with Gasteiger partial charge >= 0.3 is 0 Å². The fraction of sp³-hybridized carbons (Fsp3) is 0.350. The molecule has 1 N–H and O–H groups in total. The first kappa shape index (κ1) is 16.4. The molecule has 1 atom stereocenters. The van der Waals surface area contributed by atoms with Gasteiger partial charge in [-0.2, -0.15) is 0 Å². The van der Waals surface area contributed by atoms with E-state index in [9.17, 15) is 4.79 Å². The molecule has 3 rings (SSSR count). The molecule has 0 saturated heterocycles. The number of benzene rings is 2. The number of carbonyl (C=O) groups is 1. The maximum absolute atomic E-state index is 12.8. The summed E-state index contributed by atoms with van der Waals surface area (Å²) in [6.07, 6.45) is 0. The maximum atomic E-state index is 12.8. The predicted octanol–water partition coefficient (Wildman–Crippen LogP) is 4.09. The van der Waals surface area contributed by atoms with Gasteiger partial charge in [0.2, 0.25) is 0 Å². The van der Waals surface area contributed by atoms with Crippen LogP contribution in [0.4, 0.5) is 5.69 Å². The van der Waals surface area contributed by atoms with Gasteiger partial charge in [-0.25, -0.2) is 0 Å². The molecule has 126 valence electrons. The minimum absolute atomic E-state index is 0.0142. The van der Waals surface area contributed by atoms with Crippen molar-refractivity contribution in [2.75, 3.05) is 19.0 Å². The van der Waals surface area contributed by atoms with Crippen LogP contribution in [-0.4, -0.2) is 24.5 Å². The van der Waals surface area contributed by atoms with E-state index in [1.165, 1.54) is 0 Å². The standard InChI is InChI=1S/C20H24N2O2/c1-14(2)13-24-16-9-7-8-15(12-16)20(3)21-18-11-6-5-10-17(18)19(23)22(20)4/h5-12,14,21H,13H2,1-4H3. The van der Waals surface area contributed by atoms with Gasteiger partial charge in [0.05, 0.1) is 12.2 Å². The third-order valence-electron chi connectivity index (χ3n) is 4.49. The first-order valence-corrected chi connectivity index (χ1v) is 8.30. The molecule has 2 aromatic rings. The van der Waals surface area contributed by atoms with Crippen molar-refractivity contribution in [1.82, 2.24) is 4.90 Å². The van der Waals surface area contributed by atoms with Crippen LogP contribution in [0.2, 0.25) is 0 Å². The SMILES string of the molecule is CC(C)COc1cccc(C2(C)Nc3ccccc3C(=O)N2C)c1. The zero-order valence-electron chi connectivity index (χ0n) is 14.7. The highest BCUT2D eigenvalue weighted by molar-refractivity contribution is 6.02. The number of fused-ring (bicyclic) bond motifs is 1. The van der Waals surface area contributed by atoms with E-state index in [1.54, 1.807) is 4.90 Å². The number of nitrogens with zero attached hydrogens (tertiary/aromatic N) is 1. The number of para-hydroxylation sites is 1. The maximum Gasteiger partial charge on any atom is 0.257 e. The van der Waals surface area contributed by atoms with Gasteiger partial charge in [0.15, 0.2) is 0 Å². The van der Waals surface area contributed by atoms with Crippen LogP contribution < -0.4 is 10.1 Å². The highest BCUT2D eigenvalue weighted by Gasteiger charge is 2.40. The van der Waals surface area contributed by atoms with Gasteiger partial charge < -0.3 is 15.0 Å². The summed E-state index contributed by atoms with van der Waals surface area (Å²) in [5.74, 6) is 1.30. The Hall–Kier alpha value is -2.49. The van der Waals surface area contributed by atoms with Crippen molar-refractivity contribution < 1.29 is 9.53 Å². The Morgan fingerprint density at radius 2 is 1.92 bits per heavy atom. The van der Waals surface area contributed by atoms with Crippen molar-refractivity contribution in [1.29, 1.82) is 0 Å². The number of hydrogen-bond acceptors (Lipinski definition) is 3. The van der Waals surface area contributed by atoms with Crippen molar-refractivity contribution in [3.8, 4) is 5.75 Å². The fourth-order valence-corrected chi connectivity index (χ4v) is 2.93. The first-order chi connectivity index (χ1) is 11.4. The fourth-order valence-electron chi connectivity index (χ4n) is 2.93. The van der Waals surface area contributed by atoms with E-state index < -0.39 is 5.66 Å². The molecule has 1 amide bonds. The van der Waals surface area contributed by atoms with Crippen LogP contribution in [0, 0.1) is 5.92 Å². The van der Waals surface area contributed by atoms with Crippen molar-refractivity contribution in [3.63, 3.8) is 0 Å². The second-order valence-electron chi connectivity index (χ2n) is 6.84. The molecular weight excluding hydrogens is 300 g/mol. The summed E-state index contributed by atoms with van der Waals surface area (Å²) in [7, 11) is 1.83. The molecule has 0 spiro atoms. The van der Waals surface area contributed by atoms with Crippen LogP contribution >= 0.6 is 0 Å².